The molecule has 3 aromatic rings. The molecular weight excluding hydrogens is 401 g/mol. The molecule has 1 aliphatic carbocycles. The standard InChI is InChI=1S/C23H22FN3O4/c1-14(28)31-23-21(15-5-9-18(10-6-15)25-20(29)13-30-2)22(16-3-4-16)26-27(23)19-11-7-17(24)8-12-19/h5-12,16H,3-4,13H2,1-2H3,(H,25,29). The fraction of sp³-hybridized carbons (Fsp3) is 0.261. The molecule has 0 atom stereocenters. The highest BCUT2D eigenvalue weighted by Crippen LogP contribution is 2.48. The molecule has 160 valence electrons. The Morgan fingerprint density at radius 3 is 2.39 bits per heavy atom. The van der Waals surface area contributed by atoms with E-state index in [2.05, 4.69) is 5.32 Å². The number of hydrogen-bond donors (Lipinski definition) is 1. The second-order valence-corrected chi connectivity index (χ2v) is 7.38. The molecule has 1 N–H and O–H groups in total. The van der Waals surface area contributed by atoms with Crippen LogP contribution in [0, 0.1) is 5.82 Å². The number of carbonyl (C=O) groups is 2. The summed E-state index contributed by atoms with van der Waals surface area (Å²) in [6, 6.07) is 13.1. The summed E-state index contributed by atoms with van der Waals surface area (Å²) in [4.78, 5) is 23.6. The van der Waals surface area contributed by atoms with E-state index in [1.54, 1.807) is 24.3 Å². The molecule has 1 amide bonds. The van der Waals surface area contributed by atoms with Gasteiger partial charge >= 0.3 is 5.97 Å². The summed E-state index contributed by atoms with van der Waals surface area (Å²) in [5, 5.41) is 7.48. The summed E-state index contributed by atoms with van der Waals surface area (Å²) in [5.41, 5.74) is 3.57. The van der Waals surface area contributed by atoms with Crippen LogP contribution < -0.4 is 10.1 Å². The number of hydrogen-bond acceptors (Lipinski definition) is 5. The van der Waals surface area contributed by atoms with E-state index in [9.17, 15) is 14.0 Å². The zero-order valence-electron chi connectivity index (χ0n) is 17.2. The van der Waals surface area contributed by atoms with Crippen molar-refractivity contribution in [1.82, 2.24) is 9.78 Å². The Balaban J connectivity index is 1.78. The van der Waals surface area contributed by atoms with Crippen molar-refractivity contribution < 1.29 is 23.5 Å². The van der Waals surface area contributed by atoms with E-state index in [1.807, 2.05) is 12.1 Å². The molecule has 0 unspecified atom stereocenters. The highest BCUT2D eigenvalue weighted by Gasteiger charge is 2.34. The van der Waals surface area contributed by atoms with E-state index in [1.165, 1.54) is 30.8 Å². The number of halogens is 1. The van der Waals surface area contributed by atoms with Crippen LogP contribution in [0.3, 0.4) is 0 Å². The summed E-state index contributed by atoms with van der Waals surface area (Å²) in [6.45, 7) is 1.30. The number of aromatic nitrogens is 2. The van der Waals surface area contributed by atoms with Gasteiger partial charge in [-0.25, -0.2) is 4.39 Å². The van der Waals surface area contributed by atoms with Gasteiger partial charge in [-0.3, -0.25) is 9.59 Å². The van der Waals surface area contributed by atoms with Gasteiger partial charge in [0.15, 0.2) is 0 Å². The maximum absolute atomic E-state index is 13.4. The number of methoxy groups -OCH3 is 1. The van der Waals surface area contributed by atoms with Gasteiger partial charge in [-0.15, -0.1) is 0 Å². The molecule has 31 heavy (non-hydrogen) atoms. The lowest BCUT2D eigenvalue weighted by molar-refractivity contribution is -0.132. The third kappa shape index (κ3) is 4.64. The Kier molecular flexibility index (Phi) is 5.81. The summed E-state index contributed by atoms with van der Waals surface area (Å²) in [6.07, 6.45) is 2.00. The van der Waals surface area contributed by atoms with Gasteiger partial charge < -0.3 is 14.8 Å². The summed E-state index contributed by atoms with van der Waals surface area (Å²) >= 11 is 0. The predicted octanol–water partition coefficient (Wildman–Crippen LogP) is 4.07. The minimum Gasteiger partial charge on any atom is -0.407 e. The third-order valence-corrected chi connectivity index (χ3v) is 4.88. The van der Waals surface area contributed by atoms with E-state index in [4.69, 9.17) is 14.6 Å². The van der Waals surface area contributed by atoms with Crippen molar-refractivity contribution in [3.63, 3.8) is 0 Å². The molecule has 4 rings (SSSR count). The zero-order valence-corrected chi connectivity index (χ0v) is 17.2. The van der Waals surface area contributed by atoms with E-state index in [0.29, 0.717) is 11.4 Å². The number of rotatable bonds is 7. The quantitative estimate of drug-likeness (QED) is 0.580. The SMILES string of the molecule is COCC(=O)Nc1ccc(-c2c(C3CC3)nn(-c3ccc(F)cc3)c2OC(C)=O)cc1. The molecule has 0 bridgehead atoms. The Morgan fingerprint density at radius 2 is 1.81 bits per heavy atom. The molecule has 1 saturated carbocycles. The number of nitrogens with zero attached hydrogens (tertiary/aromatic N) is 2. The molecule has 0 aliphatic heterocycles. The Hall–Kier alpha value is -3.52. The van der Waals surface area contributed by atoms with Crippen LogP contribution in [0.15, 0.2) is 48.5 Å². The van der Waals surface area contributed by atoms with Crippen LogP contribution in [-0.4, -0.2) is 35.4 Å². The molecule has 0 radical (unpaired) electrons. The van der Waals surface area contributed by atoms with Gasteiger partial charge in [0, 0.05) is 25.6 Å². The van der Waals surface area contributed by atoms with Crippen LogP contribution in [0.4, 0.5) is 10.1 Å². The summed E-state index contributed by atoms with van der Waals surface area (Å²) in [7, 11) is 1.46. The number of carbonyl (C=O) groups excluding carboxylic acids is 2. The molecular formula is C23H22FN3O4. The molecule has 1 heterocycles. The minimum atomic E-state index is -0.477. The summed E-state index contributed by atoms with van der Waals surface area (Å²) in [5.74, 6) is -0.531. The molecule has 1 aliphatic rings. The molecule has 7 nitrogen and oxygen atoms in total. The fourth-order valence-electron chi connectivity index (χ4n) is 3.37. The molecule has 1 fully saturated rings. The van der Waals surface area contributed by atoms with Gasteiger partial charge in [0.25, 0.3) is 0 Å². The van der Waals surface area contributed by atoms with Crippen molar-refractivity contribution in [3.05, 3.63) is 60.0 Å². The van der Waals surface area contributed by atoms with Crippen molar-refractivity contribution in [2.24, 2.45) is 0 Å². The van der Waals surface area contributed by atoms with Gasteiger partial charge in [0.2, 0.25) is 11.8 Å². The number of anilines is 1. The predicted molar refractivity (Wildman–Crippen MR) is 113 cm³/mol. The van der Waals surface area contributed by atoms with E-state index < -0.39 is 5.97 Å². The lowest BCUT2D eigenvalue weighted by atomic mass is 10.0. The lowest BCUT2D eigenvalue weighted by Gasteiger charge is -2.10. The molecule has 2 aromatic carbocycles. The Bertz CT molecular complexity index is 1100. The fourth-order valence-corrected chi connectivity index (χ4v) is 3.37. The summed E-state index contributed by atoms with van der Waals surface area (Å²) < 4.78 is 25.4. The van der Waals surface area contributed by atoms with Crippen molar-refractivity contribution in [2.45, 2.75) is 25.7 Å². The molecule has 0 spiro atoms. The van der Waals surface area contributed by atoms with Crippen molar-refractivity contribution >= 4 is 17.6 Å². The number of ether oxygens (including phenoxy) is 2. The minimum absolute atomic E-state index is 0.0331. The monoisotopic (exact) mass is 423 g/mol. The smallest absolute Gasteiger partial charge is 0.309 e. The highest BCUT2D eigenvalue weighted by molar-refractivity contribution is 5.92. The molecule has 8 heteroatoms. The van der Waals surface area contributed by atoms with Crippen LogP contribution in [0.1, 0.15) is 31.4 Å². The third-order valence-electron chi connectivity index (χ3n) is 4.88. The van der Waals surface area contributed by atoms with E-state index >= 15 is 0 Å². The van der Waals surface area contributed by atoms with Crippen LogP contribution in [0.25, 0.3) is 16.8 Å². The van der Waals surface area contributed by atoms with Gasteiger partial charge in [-0.2, -0.15) is 9.78 Å². The van der Waals surface area contributed by atoms with Crippen LogP contribution in [0.2, 0.25) is 0 Å². The number of benzene rings is 2. The van der Waals surface area contributed by atoms with Crippen LogP contribution >= 0.6 is 0 Å². The van der Waals surface area contributed by atoms with Gasteiger partial charge in [-0.1, -0.05) is 12.1 Å². The van der Waals surface area contributed by atoms with Gasteiger partial charge in [0.1, 0.15) is 12.4 Å². The lowest BCUT2D eigenvalue weighted by Crippen LogP contribution is -2.16. The largest absolute Gasteiger partial charge is 0.407 e. The molecule has 1 aromatic heterocycles. The van der Waals surface area contributed by atoms with E-state index in [0.717, 1.165) is 29.7 Å². The number of esters is 1. The first-order chi connectivity index (χ1) is 15.0. The highest BCUT2D eigenvalue weighted by atomic mass is 19.1. The average molecular weight is 423 g/mol. The Morgan fingerprint density at radius 1 is 1.13 bits per heavy atom. The zero-order chi connectivity index (χ0) is 22.0. The first-order valence-electron chi connectivity index (χ1n) is 9.92. The van der Waals surface area contributed by atoms with Gasteiger partial charge in [-0.05, 0) is 54.8 Å². The maximum Gasteiger partial charge on any atom is 0.309 e. The number of nitrogens with one attached hydrogen (secondary N) is 1. The second kappa shape index (κ2) is 8.69. The van der Waals surface area contributed by atoms with Crippen LogP contribution in [-0.2, 0) is 14.3 Å². The van der Waals surface area contributed by atoms with Crippen molar-refractivity contribution in [1.29, 1.82) is 0 Å². The van der Waals surface area contributed by atoms with Crippen molar-refractivity contribution in [2.75, 3.05) is 19.0 Å². The van der Waals surface area contributed by atoms with Crippen LogP contribution in [0.5, 0.6) is 5.88 Å². The first-order valence-corrected chi connectivity index (χ1v) is 9.92. The normalized spacial score (nSPS) is 13.1. The average Bonchev–Trinajstić information content (AvgIpc) is 3.51. The first kappa shape index (κ1) is 20.7. The Labute approximate surface area is 178 Å². The maximum atomic E-state index is 13.4. The van der Waals surface area contributed by atoms with Gasteiger partial charge in [0.05, 0.1) is 16.9 Å². The van der Waals surface area contributed by atoms with E-state index in [-0.39, 0.29) is 30.1 Å². The topological polar surface area (TPSA) is 82.4 Å². The molecule has 0 saturated heterocycles. The second-order valence-electron chi connectivity index (χ2n) is 7.38. The number of amides is 1. The van der Waals surface area contributed by atoms with Crippen molar-refractivity contribution in [3.8, 4) is 22.7 Å².